The van der Waals surface area contributed by atoms with Gasteiger partial charge in [0.1, 0.15) is 0 Å². The molecule has 1 atom stereocenters. The molecule has 0 aliphatic carbocycles. The Bertz CT molecular complexity index is 681. The maximum Gasteiger partial charge on any atom is 0.151 e. The standard InChI is InChI=1S/C13H16N4O2S/c18-20(19)7-6-11(10-20)14-8-12-9-15-17(16-12)13-4-2-1-3-5-13/h1-5,9,11,14H,6-8,10H2. The van der Waals surface area contributed by atoms with E-state index in [2.05, 4.69) is 15.5 Å². The van der Waals surface area contributed by atoms with E-state index in [9.17, 15) is 8.42 Å². The minimum absolute atomic E-state index is 0.0295. The van der Waals surface area contributed by atoms with Crippen LogP contribution in [0.3, 0.4) is 0 Å². The average molecular weight is 292 g/mol. The monoisotopic (exact) mass is 292 g/mol. The molecule has 1 aromatic carbocycles. The van der Waals surface area contributed by atoms with E-state index in [0.29, 0.717) is 13.0 Å². The van der Waals surface area contributed by atoms with Crippen molar-refractivity contribution in [3.05, 3.63) is 42.2 Å². The molecule has 1 fully saturated rings. The molecule has 1 aromatic heterocycles. The summed E-state index contributed by atoms with van der Waals surface area (Å²) in [5.74, 6) is 0.501. The predicted molar refractivity (Wildman–Crippen MR) is 75.3 cm³/mol. The second-order valence-corrected chi connectivity index (χ2v) is 7.17. The van der Waals surface area contributed by atoms with Crippen molar-refractivity contribution in [2.45, 2.75) is 19.0 Å². The van der Waals surface area contributed by atoms with Crippen LogP contribution in [0.15, 0.2) is 36.5 Å². The van der Waals surface area contributed by atoms with Crippen LogP contribution in [0.5, 0.6) is 0 Å². The maximum absolute atomic E-state index is 11.4. The molecule has 0 amide bonds. The van der Waals surface area contributed by atoms with Gasteiger partial charge in [-0.2, -0.15) is 15.0 Å². The van der Waals surface area contributed by atoms with Crippen LogP contribution in [0, 0.1) is 0 Å². The number of aromatic nitrogens is 3. The van der Waals surface area contributed by atoms with Gasteiger partial charge in [-0.15, -0.1) is 0 Å². The average Bonchev–Trinajstić information content (AvgIpc) is 3.04. The number of benzene rings is 1. The van der Waals surface area contributed by atoms with Crippen molar-refractivity contribution in [2.75, 3.05) is 11.5 Å². The smallest absolute Gasteiger partial charge is 0.151 e. The van der Waals surface area contributed by atoms with E-state index in [1.54, 1.807) is 11.0 Å². The molecule has 1 aliphatic heterocycles. The van der Waals surface area contributed by atoms with E-state index in [-0.39, 0.29) is 17.5 Å². The van der Waals surface area contributed by atoms with Gasteiger partial charge in [0.2, 0.25) is 0 Å². The first-order valence-electron chi connectivity index (χ1n) is 6.53. The zero-order chi connectivity index (χ0) is 14.0. The van der Waals surface area contributed by atoms with Crippen LogP contribution >= 0.6 is 0 Å². The first kappa shape index (κ1) is 13.3. The normalized spacial score (nSPS) is 21.1. The largest absolute Gasteiger partial charge is 0.307 e. The van der Waals surface area contributed by atoms with Gasteiger partial charge < -0.3 is 5.32 Å². The van der Waals surface area contributed by atoms with Crippen LogP contribution in [0.4, 0.5) is 0 Å². The first-order valence-corrected chi connectivity index (χ1v) is 8.35. The molecule has 6 nitrogen and oxygen atoms in total. The van der Waals surface area contributed by atoms with Gasteiger partial charge in [-0.3, -0.25) is 0 Å². The quantitative estimate of drug-likeness (QED) is 0.890. The van der Waals surface area contributed by atoms with E-state index in [1.165, 1.54) is 0 Å². The third kappa shape index (κ3) is 3.05. The zero-order valence-electron chi connectivity index (χ0n) is 10.9. The van der Waals surface area contributed by atoms with Crippen LogP contribution in [0.1, 0.15) is 12.1 Å². The molecule has 1 saturated heterocycles. The Morgan fingerprint density at radius 1 is 1.30 bits per heavy atom. The molecule has 20 heavy (non-hydrogen) atoms. The second kappa shape index (κ2) is 5.34. The number of nitrogens with zero attached hydrogens (tertiary/aromatic N) is 3. The molecular formula is C13H16N4O2S. The lowest BCUT2D eigenvalue weighted by Crippen LogP contribution is -2.29. The minimum Gasteiger partial charge on any atom is -0.307 e. The Morgan fingerprint density at radius 2 is 2.10 bits per heavy atom. The van der Waals surface area contributed by atoms with Crippen LogP contribution in [0.25, 0.3) is 5.69 Å². The molecule has 2 heterocycles. The number of rotatable bonds is 4. The predicted octanol–water partition coefficient (Wildman–Crippen LogP) is 0.544. The summed E-state index contributed by atoms with van der Waals surface area (Å²) in [4.78, 5) is 1.57. The van der Waals surface area contributed by atoms with Gasteiger partial charge in [-0.25, -0.2) is 8.42 Å². The molecule has 106 valence electrons. The van der Waals surface area contributed by atoms with Crippen LogP contribution in [0.2, 0.25) is 0 Å². The van der Waals surface area contributed by atoms with Crippen molar-refractivity contribution < 1.29 is 8.42 Å². The van der Waals surface area contributed by atoms with Crippen molar-refractivity contribution in [1.29, 1.82) is 0 Å². The lowest BCUT2D eigenvalue weighted by atomic mass is 10.2. The molecule has 7 heteroatoms. The fraction of sp³-hybridized carbons (Fsp3) is 0.385. The van der Waals surface area contributed by atoms with E-state index < -0.39 is 9.84 Å². The van der Waals surface area contributed by atoms with Gasteiger partial charge >= 0.3 is 0 Å². The van der Waals surface area contributed by atoms with Crippen molar-refractivity contribution in [3.8, 4) is 5.69 Å². The summed E-state index contributed by atoms with van der Waals surface area (Å²) in [5.41, 5.74) is 1.71. The zero-order valence-corrected chi connectivity index (χ0v) is 11.8. The van der Waals surface area contributed by atoms with Crippen molar-refractivity contribution in [2.24, 2.45) is 0 Å². The summed E-state index contributed by atoms with van der Waals surface area (Å²) in [6, 6.07) is 9.69. The highest BCUT2D eigenvalue weighted by atomic mass is 32.2. The fourth-order valence-electron chi connectivity index (χ4n) is 2.27. The van der Waals surface area contributed by atoms with Gasteiger partial charge in [0, 0.05) is 12.6 Å². The summed E-state index contributed by atoms with van der Waals surface area (Å²) in [6.45, 7) is 0.535. The lowest BCUT2D eigenvalue weighted by Gasteiger charge is -2.08. The summed E-state index contributed by atoms with van der Waals surface area (Å²) in [5, 5.41) is 11.8. The Hall–Kier alpha value is -1.73. The van der Waals surface area contributed by atoms with E-state index in [0.717, 1.165) is 11.4 Å². The summed E-state index contributed by atoms with van der Waals surface area (Å²) < 4.78 is 22.7. The molecule has 1 aliphatic rings. The van der Waals surface area contributed by atoms with Gasteiger partial charge in [0.15, 0.2) is 9.84 Å². The highest BCUT2D eigenvalue weighted by molar-refractivity contribution is 7.91. The van der Waals surface area contributed by atoms with Gasteiger partial charge in [-0.05, 0) is 18.6 Å². The van der Waals surface area contributed by atoms with Gasteiger partial charge in [0.25, 0.3) is 0 Å². The summed E-state index contributed by atoms with van der Waals surface area (Å²) in [7, 11) is -2.84. The van der Waals surface area contributed by atoms with Crippen molar-refractivity contribution >= 4 is 9.84 Å². The molecular weight excluding hydrogens is 276 g/mol. The second-order valence-electron chi connectivity index (χ2n) is 4.94. The third-order valence-corrected chi connectivity index (χ3v) is 5.10. The topological polar surface area (TPSA) is 76.9 Å². The number of sulfone groups is 1. The van der Waals surface area contributed by atoms with Crippen molar-refractivity contribution in [3.63, 3.8) is 0 Å². The van der Waals surface area contributed by atoms with Crippen molar-refractivity contribution in [1.82, 2.24) is 20.3 Å². The minimum atomic E-state index is -2.84. The van der Waals surface area contributed by atoms with Gasteiger partial charge in [0.05, 0.1) is 29.1 Å². The highest BCUT2D eigenvalue weighted by Gasteiger charge is 2.27. The number of para-hydroxylation sites is 1. The van der Waals surface area contributed by atoms with E-state index >= 15 is 0 Å². The Labute approximate surface area is 117 Å². The highest BCUT2D eigenvalue weighted by Crippen LogP contribution is 2.12. The molecule has 1 N–H and O–H groups in total. The number of hydrogen-bond donors (Lipinski definition) is 1. The lowest BCUT2D eigenvalue weighted by molar-refractivity contribution is 0.546. The van der Waals surface area contributed by atoms with Crippen LogP contribution in [-0.2, 0) is 16.4 Å². The molecule has 3 rings (SSSR count). The van der Waals surface area contributed by atoms with E-state index in [1.807, 2.05) is 30.3 Å². The maximum atomic E-state index is 11.4. The Kier molecular flexibility index (Phi) is 3.54. The van der Waals surface area contributed by atoms with E-state index in [4.69, 9.17) is 0 Å². The molecule has 0 bridgehead atoms. The summed E-state index contributed by atoms with van der Waals surface area (Å²) in [6.07, 6.45) is 2.37. The summed E-state index contributed by atoms with van der Waals surface area (Å²) >= 11 is 0. The molecule has 0 radical (unpaired) electrons. The third-order valence-electron chi connectivity index (χ3n) is 3.33. The Morgan fingerprint density at radius 3 is 2.80 bits per heavy atom. The number of hydrogen-bond acceptors (Lipinski definition) is 5. The van der Waals surface area contributed by atoms with Crippen LogP contribution in [-0.4, -0.2) is 41.0 Å². The molecule has 0 spiro atoms. The van der Waals surface area contributed by atoms with Gasteiger partial charge in [-0.1, -0.05) is 18.2 Å². The molecule has 1 unspecified atom stereocenters. The molecule has 2 aromatic rings. The molecule has 0 saturated carbocycles. The number of nitrogens with one attached hydrogen (secondary N) is 1. The van der Waals surface area contributed by atoms with Crippen LogP contribution < -0.4 is 5.32 Å². The first-order chi connectivity index (χ1) is 9.62. The fourth-order valence-corrected chi connectivity index (χ4v) is 3.97. The SMILES string of the molecule is O=S1(=O)CCC(NCc2cnn(-c3ccccc3)n2)C1. The Balaban J connectivity index is 1.61.